The summed E-state index contributed by atoms with van der Waals surface area (Å²) in [6, 6.07) is 18.3. The van der Waals surface area contributed by atoms with Crippen LogP contribution in [-0.2, 0) is 0 Å². The van der Waals surface area contributed by atoms with Crippen LogP contribution in [0.2, 0.25) is 0 Å². The average molecular weight is 386 g/mol. The van der Waals surface area contributed by atoms with Crippen molar-refractivity contribution in [3.05, 3.63) is 65.7 Å². The van der Waals surface area contributed by atoms with Gasteiger partial charge in [-0.2, -0.15) is 0 Å². The van der Waals surface area contributed by atoms with Gasteiger partial charge < -0.3 is 10.2 Å². The Bertz CT molecular complexity index is 1030. The molecule has 0 saturated carbocycles. The van der Waals surface area contributed by atoms with Crippen LogP contribution in [0.1, 0.15) is 28.8 Å². The lowest BCUT2D eigenvalue weighted by molar-refractivity contribution is 0.0760. The van der Waals surface area contributed by atoms with Crippen molar-refractivity contribution in [2.45, 2.75) is 19.8 Å². The maximum atomic E-state index is 13.6. The SMILES string of the molecule is Cc1ccc(-c2cc(C(=O)N3CC[C@@H]4CNC[C@@H]4CC3)c3ccccc3n2)cc1. The summed E-state index contributed by atoms with van der Waals surface area (Å²) in [5.41, 5.74) is 4.78. The summed E-state index contributed by atoms with van der Waals surface area (Å²) in [5.74, 6) is 1.57. The highest BCUT2D eigenvalue weighted by Crippen LogP contribution is 2.30. The van der Waals surface area contributed by atoms with Gasteiger partial charge in [-0.25, -0.2) is 4.98 Å². The number of hydrogen-bond donors (Lipinski definition) is 1. The van der Waals surface area contributed by atoms with Crippen LogP contribution in [0.25, 0.3) is 22.2 Å². The van der Waals surface area contributed by atoms with Gasteiger partial charge in [0.15, 0.2) is 0 Å². The van der Waals surface area contributed by atoms with Crippen LogP contribution in [0.15, 0.2) is 54.6 Å². The molecule has 2 aliphatic heterocycles. The molecule has 2 fully saturated rings. The summed E-state index contributed by atoms with van der Waals surface area (Å²) in [7, 11) is 0. The van der Waals surface area contributed by atoms with E-state index in [0.717, 1.165) is 66.7 Å². The molecule has 3 heterocycles. The number of carbonyl (C=O) groups is 1. The van der Waals surface area contributed by atoms with Crippen LogP contribution in [0.5, 0.6) is 0 Å². The zero-order valence-corrected chi connectivity index (χ0v) is 16.9. The number of pyridine rings is 1. The molecular weight excluding hydrogens is 358 g/mol. The monoisotopic (exact) mass is 385 g/mol. The predicted molar refractivity (Wildman–Crippen MR) is 117 cm³/mol. The topological polar surface area (TPSA) is 45.2 Å². The molecule has 0 radical (unpaired) electrons. The number of aromatic nitrogens is 1. The second-order valence-electron chi connectivity index (χ2n) is 8.49. The molecule has 1 N–H and O–H groups in total. The number of rotatable bonds is 2. The lowest BCUT2D eigenvalue weighted by atomic mass is 9.92. The highest BCUT2D eigenvalue weighted by molar-refractivity contribution is 6.07. The summed E-state index contributed by atoms with van der Waals surface area (Å²) < 4.78 is 0. The van der Waals surface area contributed by atoms with Gasteiger partial charge in [-0.05, 0) is 56.8 Å². The van der Waals surface area contributed by atoms with Gasteiger partial charge in [-0.15, -0.1) is 0 Å². The van der Waals surface area contributed by atoms with Crippen LogP contribution in [0, 0.1) is 18.8 Å². The second-order valence-corrected chi connectivity index (χ2v) is 8.49. The molecule has 1 aromatic heterocycles. The van der Waals surface area contributed by atoms with E-state index in [4.69, 9.17) is 4.98 Å². The molecule has 5 rings (SSSR count). The lowest BCUT2D eigenvalue weighted by Crippen LogP contribution is -2.33. The molecule has 0 bridgehead atoms. The number of nitrogens with zero attached hydrogens (tertiary/aromatic N) is 2. The van der Waals surface area contributed by atoms with Crippen LogP contribution < -0.4 is 5.32 Å². The third-order valence-electron chi connectivity index (χ3n) is 6.60. The number of likely N-dealkylation sites (tertiary alicyclic amines) is 1. The van der Waals surface area contributed by atoms with Gasteiger partial charge in [-0.1, -0.05) is 48.0 Å². The number of aryl methyl sites for hydroxylation is 1. The highest BCUT2D eigenvalue weighted by atomic mass is 16.2. The van der Waals surface area contributed by atoms with E-state index in [-0.39, 0.29) is 5.91 Å². The molecule has 4 nitrogen and oxygen atoms in total. The number of nitrogens with one attached hydrogen (secondary N) is 1. The quantitative estimate of drug-likeness (QED) is 0.716. The van der Waals surface area contributed by atoms with Crippen molar-refractivity contribution in [2.24, 2.45) is 11.8 Å². The average Bonchev–Trinajstić information content (AvgIpc) is 3.11. The Morgan fingerprint density at radius 2 is 1.69 bits per heavy atom. The van der Waals surface area contributed by atoms with E-state index in [2.05, 4.69) is 41.4 Å². The number of carbonyl (C=O) groups excluding carboxylic acids is 1. The number of fused-ring (bicyclic) bond motifs is 2. The van der Waals surface area contributed by atoms with Gasteiger partial charge in [0.05, 0.1) is 16.8 Å². The van der Waals surface area contributed by atoms with E-state index in [1.165, 1.54) is 5.56 Å². The summed E-state index contributed by atoms with van der Waals surface area (Å²) >= 11 is 0. The van der Waals surface area contributed by atoms with E-state index < -0.39 is 0 Å². The normalized spacial score (nSPS) is 21.8. The van der Waals surface area contributed by atoms with E-state index in [9.17, 15) is 4.79 Å². The molecule has 0 unspecified atom stereocenters. The predicted octanol–water partition coefficient (Wildman–Crippen LogP) is 4.28. The first-order valence-electron chi connectivity index (χ1n) is 10.7. The summed E-state index contributed by atoms with van der Waals surface area (Å²) in [6.07, 6.45) is 2.19. The molecule has 29 heavy (non-hydrogen) atoms. The molecule has 2 aliphatic rings. The second kappa shape index (κ2) is 7.60. The maximum Gasteiger partial charge on any atom is 0.254 e. The summed E-state index contributed by atoms with van der Waals surface area (Å²) in [4.78, 5) is 20.5. The van der Waals surface area contributed by atoms with Crippen molar-refractivity contribution in [2.75, 3.05) is 26.2 Å². The van der Waals surface area contributed by atoms with Crippen molar-refractivity contribution in [1.82, 2.24) is 15.2 Å². The standard InChI is InChI=1S/C25H27N3O/c1-17-6-8-18(9-7-17)24-14-22(21-4-2-3-5-23(21)27-24)25(29)28-12-10-19-15-26-16-20(19)11-13-28/h2-9,14,19-20,26H,10-13,15-16H2,1H3/t19-,20+. The first-order valence-corrected chi connectivity index (χ1v) is 10.7. The largest absolute Gasteiger partial charge is 0.339 e. The molecule has 2 atom stereocenters. The number of para-hydroxylation sites is 1. The van der Waals surface area contributed by atoms with Gasteiger partial charge in [0, 0.05) is 24.0 Å². The Morgan fingerprint density at radius 1 is 1.00 bits per heavy atom. The molecule has 4 heteroatoms. The van der Waals surface area contributed by atoms with E-state index in [1.807, 2.05) is 30.3 Å². The first kappa shape index (κ1) is 18.3. The Morgan fingerprint density at radius 3 is 2.41 bits per heavy atom. The number of benzene rings is 2. The van der Waals surface area contributed by atoms with Crippen LogP contribution in [-0.4, -0.2) is 42.0 Å². The summed E-state index contributed by atoms with van der Waals surface area (Å²) in [6.45, 7) is 5.97. The molecule has 2 aromatic carbocycles. The van der Waals surface area contributed by atoms with Gasteiger partial charge in [0.1, 0.15) is 0 Å². The highest BCUT2D eigenvalue weighted by Gasteiger charge is 2.32. The third kappa shape index (κ3) is 3.53. The molecule has 3 aromatic rings. The number of amides is 1. The molecule has 148 valence electrons. The minimum atomic E-state index is 0.143. The van der Waals surface area contributed by atoms with Gasteiger partial charge >= 0.3 is 0 Å². The van der Waals surface area contributed by atoms with Crippen LogP contribution >= 0.6 is 0 Å². The van der Waals surface area contributed by atoms with Crippen molar-refractivity contribution >= 4 is 16.8 Å². The number of hydrogen-bond acceptors (Lipinski definition) is 3. The van der Waals surface area contributed by atoms with Crippen molar-refractivity contribution in [3.63, 3.8) is 0 Å². The lowest BCUT2D eigenvalue weighted by Gasteiger charge is -2.22. The van der Waals surface area contributed by atoms with Crippen LogP contribution in [0.4, 0.5) is 0 Å². The Balaban J connectivity index is 1.52. The van der Waals surface area contributed by atoms with Crippen LogP contribution in [0.3, 0.4) is 0 Å². The Labute approximate surface area is 171 Å². The smallest absolute Gasteiger partial charge is 0.254 e. The minimum Gasteiger partial charge on any atom is -0.339 e. The maximum absolute atomic E-state index is 13.6. The Hall–Kier alpha value is -2.72. The first-order chi connectivity index (χ1) is 14.2. The van der Waals surface area contributed by atoms with E-state index >= 15 is 0 Å². The van der Waals surface area contributed by atoms with E-state index in [1.54, 1.807) is 0 Å². The molecule has 0 aliphatic carbocycles. The van der Waals surface area contributed by atoms with Crippen molar-refractivity contribution < 1.29 is 4.79 Å². The van der Waals surface area contributed by atoms with Crippen molar-refractivity contribution in [1.29, 1.82) is 0 Å². The molecule has 0 spiro atoms. The van der Waals surface area contributed by atoms with Gasteiger partial charge in [-0.3, -0.25) is 4.79 Å². The zero-order valence-electron chi connectivity index (χ0n) is 16.9. The van der Waals surface area contributed by atoms with Gasteiger partial charge in [0.2, 0.25) is 0 Å². The fourth-order valence-corrected chi connectivity index (χ4v) is 4.82. The molecule has 1 amide bonds. The zero-order chi connectivity index (χ0) is 19.8. The summed E-state index contributed by atoms with van der Waals surface area (Å²) in [5, 5.41) is 4.45. The minimum absolute atomic E-state index is 0.143. The Kier molecular flexibility index (Phi) is 4.80. The third-order valence-corrected chi connectivity index (χ3v) is 6.60. The van der Waals surface area contributed by atoms with Crippen molar-refractivity contribution in [3.8, 4) is 11.3 Å². The molecule has 2 saturated heterocycles. The molecular formula is C25H27N3O. The fraction of sp³-hybridized carbons (Fsp3) is 0.360. The van der Waals surface area contributed by atoms with Gasteiger partial charge in [0.25, 0.3) is 5.91 Å². The van der Waals surface area contributed by atoms with E-state index in [0.29, 0.717) is 11.8 Å². The fourth-order valence-electron chi connectivity index (χ4n) is 4.82.